The highest BCUT2D eigenvalue weighted by atomic mass is 16.5. The highest BCUT2D eigenvalue weighted by Crippen LogP contribution is 2.31. The molecule has 0 spiro atoms. The highest BCUT2D eigenvalue weighted by molar-refractivity contribution is 5.93. The number of carbonyl (C=O) groups excluding carboxylic acids is 1. The van der Waals surface area contributed by atoms with E-state index in [4.69, 9.17) is 9.15 Å². The summed E-state index contributed by atoms with van der Waals surface area (Å²) in [5.74, 6) is -0.0102. The SMILES string of the molecule is Cc1ccc(-c2oc3ccc(C)cc3c(=O)c2OCC(=O)Nc2ccc(C)cc2C)cc1. The lowest BCUT2D eigenvalue weighted by molar-refractivity contribution is -0.118. The number of aryl methyl sites for hydroxylation is 4. The molecule has 0 aliphatic rings. The van der Waals surface area contributed by atoms with Crippen molar-refractivity contribution in [2.45, 2.75) is 27.7 Å². The van der Waals surface area contributed by atoms with Gasteiger partial charge in [-0.15, -0.1) is 0 Å². The monoisotopic (exact) mass is 427 g/mol. The number of nitrogens with one attached hydrogen (secondary N) is 1. The molecular formula is C27H25NO4. The van der Waals surface area contributed by atoms with Crippen molar-refractivity contribution in [1.82, 2.24) is 0 Å². The summed E-state index contributed by atoms with van der Waals surface area (Å²) in [5, 5.41) is 3.27. The van der Waals surface area contributed by atoms with E-state index >= 15 is 0 Å². The maximum atomic E-state index is 13.3. The molecule has 4 rings (SSSR count). The predicted molar refractivity (Wildman–Crippen MR) is 127 cm³/mol. The molecule has 0 radical (unpaired) electrons. The quantitative estimate of drug-likeness (QED) is 0.443. The van der Waals surface area contributed by atoms with Crippen molar-refractivity contribution in [1.29, 1.82) is 0 Å². The van der Waals surface area contributed by atoms with Crippen molar-refractivity contribution in [3.63, 3.8) is 0 Å². The number of rotatable bonds is 5. The molecular weight excluding hydrogens is 402 g/mol. The Morgan fingerprint density at radius 1 is 0.875 bits per heavy atom. The molecule has 5 nitrogen and oxygen atoms in total. The van der Waals surface area contributed by atoms with Crippen LogP contribution in [0.3, 0.4) is 0 Å². The maximum absolute atomic E-state index is 13.3. The fourth-order valence-corrected chi connectivity index (χ4v) is 3.60. The van der Waals surface area contributed by atoms with Crippen LogP contribution in [-0.2, 0) is 4.79 Å². The van der Waals surface area contributed by atoms with Gasteiger partial charge in [-0.05, 0) is 51.5 Å². The summed E-state index contributed by atoms with van der Waals surface area (Å²) in [6.07, 6.45) is 0. The topological polar surface area (TPSA) is 68.5 Å². The summed E-state index contributed by atoms with van der Waals surface area (Å²) in [6, 6.07) is 18.8. The smallest absolute Gasteiger partial charge is 0.262 e. The van der Waals surface area contributed by atoms with Crippen LogP contribution >= 0.6 is 0 Å². The van der Waals surface area contributed by atoms with E-state index in [1.165, 1.54) is 0 Å². The minimum absolute atomic E-state index is 0.0303. The summed E-state index contributed by atoms with van der Waals surface area (Å²) in [5.41, 5.74) is 5.69. The number of hydrogen-bond acceptors (Lipinski definition) is 4. The lowest BCUT2D eigenvalue weighted by Crippen LogP contribution is -2.23. The molecule has 0 aliphatic carbocycles. The Balaban J connectivity index is 1.69. The number of amides is 1. The Labute approximate surface area is 186 Å². The summed E-state index contributed by atoms with van der Waals surface area (Å²) >= 11 is 0. The van der Waals surface area contributed by atoms with Crippen molar-refractivity contribution in [3.8, 4) is 17.1 Å². The van der Waals surface area contributed by atoms with Crippen molar-refractivity contribution >= 4 is 22.6 Å². The van der Waals surface area contributed by atoms with Crippen molar-refractivity contribution in [2.75, 3.05) is 11.9 Å². The molecule has 4 aromatic rings. The Bertz CT molecular complexity index is 1370. The zero-order chi connectivity index (χ0) is 22.8. The van der Waals surface area contributed by atoms with Gasteiger partial charge < -0.3 is 14.5 Å². The number of fused-ring (bicyclic) bond motifs is 1. The summed E-state index contributed by atoms with van der Waals surface area (Å²) in [4.78, 5) is 25.9. The summed E-state index contributed by atoms with van der Waals surface area (Å²) in [6.45, 7) is 7.51. The molecule has 3 aromatic carbocycles. The maximum Gasteiger partial charge on any atom is 0.262 e. The Morgan fingerprint density at radius 2 is 1.53 bits per heavy atom. The second-order valence-electron chi connectivity index (χ2n) is 8.11. The van der Waals surface area contributed by atoms with Crippen LogP contribution < -0.4 is 15.5 Å². The molecule has 162 valence electrons. The zero-order valence-corrected chi connectivity index (χ0v) is 18.6. The van der Waals surface area contributed by atoms with E-state index in [0.29, 0.717) is 28.0 Å². The minimum Gasteiger partial charge on any atom is -0.476 e. The first-order chi connectivity index (χ1) is 15.3. The van der Waals surface area contributed by atoms with E-state index in [1.54, 1.807) is 12.1 Å². The first-order valence-corrected chi connectivity index (χ1v) is 10.5. The number of anilines is 1. The van der Waals surface area contributed by atoms with Gasteiger partial charge in [-0.1, -0.05) is 59.2 Å². The van der Waals surface area contributed by atoms with E-state index in [2.05, 4.69) is 5.32 Å². The lowest BCUT2D eigenvalue weighted by atomic mass is 10.1. The molecule has 1 amide bonds. The van der Waals surface area contributed by atoms with Gasteiger partial charge in [0.25, 0.3) is 5.91 Å². The number of carbonyl (C=O) groups is 1. The molecule has 0 saturated heterocycles. The van der Waals surface area contributed by atoms with Crippen LogP contribution in [0.1, 0.15) is 22.3 Å². The third-order valence-electron chi connectivity index (χ3n) is 5.32. The first kappa shape index (κ1) is 21.4. The fourth-order valence-electron chi connectivity index (χ4n) is 3.60. The van der Waals surface area contributed by atoms with Gasteiger partial charge in [-0.2, -0.15) is 0 Å². The predicted octanol–water partition coefficient (Wildman–Crippen LogP) is 5.71. The average molecular weight is 428 g/mol. The van der Waals surface area contributed by atoms with E-state index in [1.807, 2.05) is 76.2 Å². The first-order valence-electron chi connectivity index (χ1n) is 10.5. The van der Waals surface area contributed by atoms with Crippen molar-refractivity contribution in [2.24, 2.45) is 0 Å². The summed E-state index contributed by atoms with van der Waals surface area (Å²) in [7, 11) is 0. The largest absolute Gasteiger partial charge is 0.476 e. The molecule has 0 saturated carbocycles. The highest BCUT2D eigenvalue weighted by Gasteiger charge is 2.19. The van der Waals surface area contributed by atoms with Crippen LogP contribution in [0.4, 0.5) is 5.69 Å². The molecule has 0 aliphatic heterocycles. The number of hydrogen-bond donors (Lipinski definition) is 1. The van der Waals surface area contributed by atoms with Gasteiger partial charge in [0.15, 0.2) is 12.4 Å². The molecule has 0 fully saturated rings. The Kier molecular flexibility index (Phi) is 5.82. The lowest BCUT2D eigenvalue weighted by Gasteiger charge is -2.13. The van der Waals surface area contributed by atoms with Gasteiger partial charge in [0.2, 0.25) is 11.2 Å². The Hall–Kier alpha value is -3.86. The standard InChI is InChI=1S/C27H25NO4/c1-16-5-9-20(10-6-16)26-27(25(30)21-14-18(3)8-12-23(21)32-26)31-15-24(29)28-22-11-7-17(2)13-19(22)4/h5-14H,15H2,1-4H3,(H,28,29). The van der Waals surface area contributed by atoms with Gasteiger partial charge in [0.05, 0.1) is 5.39 Å². The van der Waals surface area contributed by atoms with Crippen molar-refractivity contribution < 1.29 is 13.9 Å². The van der Waals surface area contributed by atoms with Crippen LogP contribution in [0.15, 0.2) is 69.9 Å². The molecule has 0 unspecified atom stereocenters. The molecule has 32 heavy (non-hydrogen) atoms. The van der Waals surface area contributed by atoms with Crippen LogP contribution in [0.2, 0.25) is 0 Å². The molecule has 0 bridgehead atoms. The zero-order valence-electron chi connectivity index (χ0n) is 18.6. The van der Waals surface area contributed by atoms with Gasteiger partial charge >= 0.3 is 0 Å². The van der Waals surface area contributed by atoms with E-state index in [9.17, 15) is 9.59 Å². The second-order valence-corrected chi connectivity index (χ2v) is 8.11. The van der Waals surface area contributed by atoms with Crippen LogP contribution in [0, 0.1) is 27.7 Å². The molecule has 5 heteroatoms. The molecule has 0 atom stereocenters. The van der Waals surface area contributed by atoms with E-state index in [-0.39, 0.29) is 23.7 Å². The number of benzene rings is 3. The normalized spacial score (nSPS) is 10.9. The molecule has 1 N–H and O–H groups in total. The third-order valence-corrected chi connectivity index (χ3v) is 5.32. The average Bonchev–Trinajstić information content (AvgIpc) is 2.76. The van der Waals surface area contributed by atoms with Gasteiger partial charge in [0, 0.05) is 11.3 Å². The van der Waals surface area contributed by atoms with Gasteiger partial charge in [-0.25, -0.2) is 0 Å². The van der Waals surface area contributed by atoms with Gasteiger partial charge in [0.1, 0.15) is 5.58 Å². The van der Waals surface area contributed by atoms with Crippen LogP contribution in [0.5, 0.6) is 5.75 Å². The van der Waals surface area contributed by atoms with E-state index < -0.39 is 0 Å². The molecule has 1 aromatic heterocycles. The molecule has 1 heterocycles. The third kappa shape index (κ3) is 4.42. The fraction of sp³-hybridized carbons (Fsp3) is 0.185. The van der Waals surface area contributed by atoms with Crippen molar-refractivity contribution in [3.05, 3.63) is 93.1 Å². The second kappa shape index (κ2) is 8.71. The summed E-state index contributed by atoms with van der Waals surface area (Å²) < 4.78 is 11.9. The minimum atomic E-state index is -0.351. The Morgan fingerprint density at radius 3 is 2.25 bits per heavy atom. The van der Waals surface area contributed by atoms with E-state index in [0.717, 1.165) is 22.3 Å². The van der Waals surface area contributed by atoms with Crippen LogP contribution in [0.25, 0.3) is 22.3 Å². The van der Waals surface area contributed by atoms with Crippen LogP contribution in [-0.4, -0.2) is 12.5 Å². The van der Waals surface area contributed by atoms with Gasteiger partial charge in [-0.3, -0.25) is 9.59 Å². The number of ether oxygens (including phenoxy) is 1.